The molecular weight excluding hydrogens is 533 g/mol. The smallest absolute Gasteiger partial charge is 0.262 e. The number of hydrogen-bond acceptors (Lipinski definition) is 6. The highest BCUT2D eigenvalue weighted by Gasteiger charge is 2.22. The summed E-state index contributed by atoms with van der Waals surface area (Å²) >= 11 is 5.74. The van der Waals surface area contributed by atoms with Crippen LogP contribution in [0.2, 0.25) is 5.02 Å². The van der Waals surface area contributed by atoms with Crippen LogP contribution in [0.4, 0.5) is 21.5 Å². The number of carbonyl (C=O) groups is 1. The average molecular weight is 556 g/mol. The SMILES string of the molecule is COc1ccc(C)cc1NS(=O)(=O)c1ccc(NC(=O)CN(c2ccc(F)c(Cl)c2)S(C)(=O)=O)cc1. The lowest BCUT2D eigenvalue weighted by Crippen LogP contribution is -2.37. The molecule has 2 N–H and O–H groups in total. The zero-order valence-corrected chi connectivity index (χ0v) is 21.8. The van der Waals surface area contributed by atoms with Crippen LogP contribution in [0, 0.1) is 12.7 Å². The van der Waals surface area contributed by atoms with Gasteiger partial charge >= 0.3 is 0 Å². The molecule has 9 nitrogen and oxygen atoms in total. The van der Waals surface area contributed by atoms with E-state index in [-0.39, 0.29) is 27.0 Å². The van der Waals surface area contributed by atoms with Crippen molar-refractivity contribution in [3.63, 3.8) is 0 Å². The second-order valence-corrected chi connectivity index (χ2v) is 11.7. The van der Waals surface area contributed by atoms with E-state index < -0.39 is 38.3 Å². The fourth-order valence-corrected chi connectivity index (χ4v) is 5.28. The van der Waals surface area contributed by atoms with Crippen molar-refractivity contribution < 1.29 is 30.8 Å². The molecule has 0 saturated carbocycles. The molecule has 0 bridgehead atoms. The summed E-state index contributed by atoms with van der Waals surface area (Å²) in [6, 6.07) is 13.6. The van der Waals surface area contributed by atoms with E-state index in [1.807, 2.05) is 6.92 Å². The first-order valence-corrected chi connectivity index (χ1v) is 14.0. The average Bonchev–Trinajstić information content (AvgIpc) is 2.79. The second-order valence-electron chi connectivity index (χ2n) is 7.75. The summed E-state index contributed by atoms with van der Waals surface area (Å²) < 4.78 is 72.0. The quantitative estimate of drug-likeness (QED) is 0.411. The molecule has 0 fully saturated rings. The van der Waals surface area contributed by atoms with Crippen molar-refractivity contribution in [2.24, 2.45) is 0 Å². The number of nitrogens with zero attached hydrogens (tertiary/aromatic N) is 1. The summed E-state index contributed by atoms with van der Waals surface area (Å²) in [5.41, 5.74) is 1.35. The van der Waals surface area contributed by atoms with Gasteiger partial charge in [0.2, 0.25) is 15.9 Å². The van der Waals surface area contributed by atoms with Crippen molar-refractivity contribution in [1.82, 2.24) is 0 Å². The van der Waals surface area contributed by atoms with E-state index in [9.17, 15) is 26.0 Å². The molecule has 0 aliphatic heterocycles. The molecule has 3 rings (SSSR count). The molecule has 1 amide bonds. The van der Waals surface area contributed by atoms with Crippen LogP contribution in [-0.4, -0.2) is 42.7 Å². The van der Waals surface area contributed by atoms with Crippen molar-refractivity contribution in [2.75, 3.05) is 34.3 Å². The molecule has 3 aromatic rings. The molecule has 0 unspecified atom stereocenters. The van der Waals surface area contributed by atoms with Crippen LogP contribution in [0.25, 0.3) is 0 Å². The van der Waals surface area contributed by atoms with Crippen molar-refractivity contribution >= 4 is 54.6 Å². The third kappa shape index (κ3) is 6.65. The standard InChI is InChI=1S/C23H23ClFN3O6S2/c1-15-4-11-22(34-2)21(12-15)27-36(32,33)18-8-5-16(6-9-18)26-23(29)14-28(35(3,30)31)17-7-10-20(25)19(24)13-17/h4-13,27H,14H2,1-3H3,(H,26,29). The van der Waals surface area contributed by atoms with Gasteiger partial charge in [-0.25, -0.2) is 21.2 Å². The van der Waals surface area contributed by atoms with Gasteiger partial charge in [0, 0.05) is 5.69 Å². The lowest BCUT2D eigenvalue weighted by molar-refractivity contribution is -0.114. The molecule has 3 aromatic carbocycles. The van der Waals surface area contributed by atoms with Gasteiger partial charge in [0.1, 0.15) is 18.1 Å². The monoisotopic (exact) mass is 555 g/mol. The molecule has 0 saturated heterocycles. The largest absolute Gasteiger partial charge is 0.495 e. The molecule has 0 spiro atoms. The Morgan fingerprint density at radius 2 is 1.69 bits per heavy atom. The van der Waals surface area contributed by atoms with Crippen LogP contribution >= 0.6 is 11.6 Å². The summed E-state index contributed by atoms with van der Waals surface area (Å²) in [6.45, 7) is 1.19. The Kier molecular flexibility index (Phi) is 8.12. The number of nitrogens with one attached hydrogen (secondary N) is 2. The predicted molar refractivity (Wildman–Crippen MR) is 137 cm³/mol. The van der Waals surface area contributed by atoms with Gasteiger partial charge in [-0.2, -0.15) is 0 Å². The zero-order chi connectivity index (χ0) is 26.7. The maximum absolute atomic E-state index is 13.5. The summed E-state index contributed by atoms with van der Waals surface area (Å²) in [7, 11) is -6.44. The third-order valence-corrected chi connectivity index (χ3v) is 7.74. The Hall–Kier alpha value is -3.35. The van der Waals surface area contributed by atoms with Crippen molar-refractivity contribution in [2.45, 2.75) is 11.8 Å². The molecule has 192 valence electrons. The lowest BCUT2D eigenvalue weighted by Gasteiger charge is -2.22. The summed E-state index contributed by atoms with van der Waals surface area (Å²) in [5, 5.41) is 2.21. The van der Waals surface area contributed by atoms with Crippen molar-refractivity contribution in [3.05, 3.63) is 77.1 Å². The number of aryl methyl sites for hydroxylation is 1. The number of ether oxygens (including phenoxy) is 1. The number of rotatable bonds is 9. The van der Waals surface area contributed by atoms with Gasteiger partial charge in [0.15, 0.2) is 0 Å². The predicted octanol–water partition coefficient (Wildman–Crippen LogP) is 4.00. The number of halogens is 2. The summed E-state index contributed by atoms with van der Waals surface area (Å²) in [6.07, 6.45) is 0.896. The number of amides is 1. The van der Waals surface area contributed by atoms with E-state index in [0.717, 1.165) is 28.3 Å². The van der Waals surface area contributed by atoms with Crippen LogP contribution in [-0.2, 0) is 24.8 Å². The first kappa shape index (κ1) is 27.2. The van der Waals surface area contributed by atoms with Gasteiger partial charge in [-0.3, -0.25) is 13.8 Å². The van der Waals surface area contributed by atoms with Crippen molar-refractivity contribution in [3.8, 4) is 5.75 Å². The van der Waals surface area contributed by atoms with E-state index >= 15 is 0 Å². The second kappa shape index (κ2) is 10.7. The Morgan fingerprint density at radius 3 is 2.28 bits per heavy atom. The molecule has 13 heteroatoms. The normalized spacial score (nSPS) is 11.6. The molecule has 0 aliphatic rings. The number of benzene rings is 3. The van der Waals surface area contributed by atoms with Gasteiger partial charge in [-0.05, 0) is 67.1 Å². The Labute approximate surface area is 213 Å². The highest BCUT2D eigenvalue weighted by molar-refractivity contribution is 7.92. The van der Waals surface area contributed by atoms with E-state index in [1.165, 1.54) is 37.4 Å². The lowest BCUT2D eigenvalue weighted by atomic mass is 10.2. The summed E-state index contributed by atoms with van der Waals surface area (Å²) in [5.74, 6) is -1.09. The first-order chi connectivity index (χ1) is 16.8. The number of hydrogen-bond donors (Lipinski definition) is 2. The van der Waals surface area contributed by atoms with Crippen LogP contribution < -0.4 is 19.1 Å². The number of carbonyl (C=O) groups excluding carboxylic acids is 1. The molecule has 0 aliphatic carbocycles. The van der Waals surface area contributed by atoms with E-state index in [2.05, 4.69) is 10.0 Å². The highest BCUT2D eigenvalue weighted by atomic mass is 35.5. The third-order valence-electron chi connectivity index (χ3n) is 4.93. The molecule has 0 heterocycles. The molecule has 0 aromatic heterocycles. The minimum absolute atomic E-state index is 0.0122. The number of anilines is 3. The maximum atomic E-state index is 13.5. The van der Waals surface area contributed by atoms with Crippen LogP contribution in [0.1, 0.15) is 5.56 Å². The topological polar surface area (TPSA) is 122 Å². The van der Waals surface area contributed by atoms with Crippen LogP contribution in [0.3, 0.4) is 0 Å². The zero-order valence-electron chi connectivity index (χ0n) is 19.4. The van der Waals surface area contributed by atoms with Gasteiger partial charge in [-0.1, -0.05) is 17.7 Å². The van der Waals surface area contributed by atoms with Gasteiger partial charge < -0.3 is 10.1 Å². The van der Waals surface area contributed by atoms with Crippen LogP contribution in [0.5, 0.6) is 5.75 Å². The molecule has 0 atom stereocenters. The van der Waals surface area contributed by atoms with E-state index in [4.69, 9.17) is 16.3 Å². The van der Waals surface area contributed by atoms with Gasteiger partial charge in [0.25, 0.3) is 10.0 Å². The highest BCUT2D eigenvalue weighted by Crippen LogP contribution is 2.28. The minimum Gasteiger partial charge on any atom is -0.495 e. The Morgan fingerprint density at radius 1 is 1.03 bits per heavy atom. The number of methoxy groups -OCH3 is 1. The fourth-order valence-electron chi connectivity index (χ4n) is 3.19. The molecular formula is C23H23ClFN3O6S2. The molecule has 0 radical (unpaired) electrons. The summed E-state index contributed by atoms with van der Waals surface area (Å²) in [4.78, 5) is 12.5. The van der Waals surface area contributed by atoms with Gasteiger partial charge in [0.05, 0.1) is 34.7 Å². The fraction of sp³-hybridized carbons (Fsp3) is 0.174. The van der Waals surface area contributed by atoms with Gasteiger partial charge in [-0.15, -0.1) is 0 Å². The first-order valence-electron chi connectivity index (χ1n) is 10.3. The van der Waals surface area contributed by atoms with Crippen molar-refractivity contribution in [1.29, 1.82) is 0 Å². The minimum atomic E-state index is -3.96. The van der Waals surface area contributed by atoms with E-state index in [0.29, 0.717) is 5.75 Å². The molecule has 36 heavy (non-hydrogen) atoms. The Bertz CT molecular complexity index is 1500. The van der Waals surface area contributed by atoms with E-state index in [1.54, 1.807) is 18.2 Å². The van der Waals surface area contributed by atoms with Crippen LogP contribution in [0.15, 0.2) is 65.6 Å². The maximum Gasteiger partial charge on any atom is 0.262 e. The number of sulfonamides is 2. The Balaban J connectivity index is 1.75.